The molecule has 0 aliphatic heterocycles. The highest BCUT2D eigenvalue weighted by atomic mass is 16.5. The van der Waals surface area contributed by atoms with E-state index < -0.39 is 5.91 Å². The van der Waals surface area contributed by atoms with Crippen LogP contribution in [0.15, 0.2) is 60.2 Å². The van der Waals surface area contributed by atoms with E-state index in [1.807, 2.05) is 36.4 Å². The van der Waals surface area contributed by atoms with Gasteiger partial charge in [-0.2, -0.15) is 5.10 Å². The third kappa shape index (κ3) is 8.22. The van der Waals surface area contributed by atoms with E-state index >= 15 is 0 Å². The Bertz CT molecular complexity index is 927. The average Bonchev–Trinajstić information content (AvgIpc) is 2.77. The number of hydrazone groups is 1. The van der Waals surface area contributed by atoms with Crippen molar-refractivity contribution in [3.8, 4) is 17.2 Å². The third-order valence-corrected chi connectivity index (χ3v) is 4.13. The van der Waals surface area contributed by atoms with Crippen LogP contribution in [0.1, 0.15) is 17.5 Å². The van der Waals surface area contributed by atoms with Crippen molar-refractivity contribution < 1.29 is 23.8 Å². The number of nitrogens with zero attached hydrogens (tertiary/aromatic N) is 1. The van der Waals surface area contributed by atoms with Gasteiger partial charge in [-0.05, 0) is 41.8 Å². The normalized spacial score (nSPS) is 10.4. The van der Waals surface area contributed by atoms with Gasteiger partial charge in [0.2, 0.25) is 11.8 Å². The zero-order chi connectivity index (χ0) is 22.5. The number of carbonyl (C=O) groups excluding carboxylic acids is 2. The van der Waals surface area contributed by atoms with Gasteiger partial charge in [0.15, 0.2) is 11.5 Å². The van der Waals surface area contributed by atoms with Crippen LogP contribution in [0.5, 0.6) is 17.2 Å². The van der Waals surface area contributed by atoms with E-state index in [-0.39, 0.29) is 12.3 Å². The molecule has 0 radical (unpaired) electrons. The maximum atomic E-state index is 12.0. The molecule has 2 aromatic rings. The molecule has 0 unspecified atom stereocenters. The molecule has 8 nitrogen and oxygen atoms in total. The van der Waals surface area contributed by atoms with Gasteiger partial charge in [-0.3, -0.25) is 9.59 Å². The Hall–Kier alpha value is -3.81. The molecule has 0 bridgehead atoms. The lowest BCUT2D eigenvalue weighted by molar-refractivity contribution is -0.129. The zero-order valence-electron chi connectivity index (χ0n) is 17.7. The van der Waals surface area contributed by atoms with Crippen molar-refractivity contribution in [2.45, 2.75) is 12.8 Å². The largest absolute Gasteiger partial charge is 0.493 e. The minimum Gasteiger partial charge on any atom is -0.493 e. The lowest BCUT2D eigenvalue weighted by Gasteiger charge is -2.10. The first-order valence-corrected chi connectivity index (χ1v) is 9.69. The molecule has 0 spiro atoms. The Labute approximate surface area is 181 Å². The highest BCUT2D eigenvalue weighted by molar-refractivity contribution is 5.97. The molecule has 0 fully saturated rings. The Morgan fingerprint density at radius 1 is 1.06 bits per heavy atom. The molecule has 0 aromatic heterocycles. The van der Waals surface area contributed by atoms with Crippen LogP contribution in [0, 0.1) is 0 Å². The van der Waals surface area contributed by atoms with E-state index in [0.717, 1.165) is 11.1 Å². The molecule has 2 N–H and O–H groups in total. The van der Waals surface area contributed by atoms with Crippen LogP contribution in [0.2, 0.25) is 0 Å². The van der Waals surface area contributed by atoms with Crippen LogP contribution in [-0.2, 0) is 16.0 Å². The number of rotatable bonds is 12. The molecule has 0 saturated carbocycles. The van der Waals surface area contributed by atoms with Crippen molar-refractivity contribution in [1.29, 1.82) is 0 Å². The van der Waals surface area contributed by atoms with Crippen molar-refractivity contribution in [2.75, 3.05) is 27.4 Å². The summed E-state index contributed by atoms with van der Waals surface area (Å²) >= 11 is 0. The van der Waals surface area contributed by atoms with Gasteiger partial charge >= 0.3 is 0 Å². The molecule has 0 saturated heterocycles. The Morgan fingerprint density at radius 3 is 2.61 bits per heavy atom. The molecule has 0 aliphatic carbocycles. The summed E-state index contributed by atoms with van der Waals surface area (Å²) in [5.41, 5.74) is 4.07. The van der Waals surface area contributed by atoms with E-state index in [1.54, 1.807) is 26.4 Å². The molecule has 2 amide bonds. The number of ether oxygens (including phenoxy) is 3. The minimum atomic E-state index is -0.501. The number of amides is 2. The molecule has 164 valence electrons. The Balaban J connectivity index is 1.73. The monoisotopic (exact) mass is 425 g/mol. The molecule has 0 atom stereocenters. The molecule has 2 rings (SSSR count). The van der Waals surface area contributed by atoms with Crippen molar-refractivity contribution >= 4 is 18.0 Å². The second-order valence-electron chi connectivity index (χ2n) is 6.43. The van der Waals surface area contributed by atoms with Gasteiger partial charge in [0, 0.05) is 6.54 Å². The van der Waals surface area contributed by atoms with Gasteiger partial charge in [0.1, 0.15) is 18.8 Å². The topological polar surface area (TPSA) is 98.2 Å². The van der Waals surface area contributed by atoms with E-state index in [1.165, 1.54) is 6.21 Å². The number of hydrogen-bond acceptors (Lipinski definition) is 6. The van der Waals surface area contributed by atoms with Gasteiger partial charge in [-0.25, -0.2) is 5.43 Å². The average molecular weight is 425 g/mol. The van der Waals surface area contributed by atoms with Crippen LogP contribution in [0.4, 0.5) is 0 Å². The Kier molecular flexibility index (Phi) is 9.61. The maximum Gasteiger partial charge on any atom is 0.249 e. The van der Waals surface area contributed by atoms with Crippen LogP contribution >= 0.6 is 0 Å². The van der Waals surface area contributed by atoms with Crippen LogP contribution in [-0.4, -0.2) is 45.4 Å². The SMILES string of the molecule is C=CCOc1cccc(/C=N\NC(=O)CC(=O)NCCc2ccc(OC)c(OC)c2)c1. The third-order valence-electron chi connectivity index (χ3n) is 4.13. The highest BCUT2D eigenvalue weighted by Gasteiger charge is 2.09. The fourth-order valence-corrected chi connectivity index (χ4v) is 2.65. The summed E-state index contributed by atoms with van der Waals surface area (Å²) in [7, 11) is 3.14. The molecule has 0 aliphatic rings. The van der Waals surface area contributed by atoms with Crippen LogP contribution < -0.4 is 25.0 Å². The van der Waals surface area contributed by atoms with E-state index in [0.29, 0.717) is 36.8 Å². The van der Waals surface area contributed by atoms with E-state index in [9.17, 15) is 9.59 Å². The quantitative estimate of drug-likeness (QED) is 0.236. The standard InChI is InChI=1S/C23H27N3O5/c1-4-12-31-19-7-5-6-18(13-19)16-25-26-23(28)15-22(27)24-11-10-17-8-9-20(29-2)21(14-17)30-3/h4-9,13-14,16H,1,10-12,15H2,2-3H3,(H,24,27)(H,26,28)/b25-16-. The first kappa shape index (κ1) is 23.5. The van der Waals surface area contributed by atoms with Gasteiger partial charge in [0.05, 0.1) is 20.4 Å². The minimum absolute atomic E-state index is 0.314. The predicted molar refractivity (Wildman–Crippen MR) is 119 cm³/mol. The molecule has 31 heavy (non-hydrogen) atoms. The summed E-state index contributed by atoms with van der Waals surface area (Å²) in [6.07, 6.45) is 3.41. The first-order valence-electron chi connectivity index (χ1n) is 9.69. The van der Waals surface area contributed by atoms with Gasteiger partial charge in [0.25, 0.3) is 0 Å². The maximum absolute atomic E-state index is 12.0. The number of hydrogen-bond donors (Lipinski definition) is 2. The second kappa shape index (κ2) is 12.7. The summed E-state index contributed by atoms with van der Waals surface area (Å²) in [5.74, 6) is 1.06. The van der Waals surface area contributed by atoms with Crippen molar-refractivity contribution in [3.63, 3.8) is 0 Å². The second-order valence-corrected chi connectivity index (χ2v) is 6.43. The van der Waals surface area contributed by atoms with Crippen molar-refractivity contribution in [1.82, 2.24) is 10.7 Å². The Morgan fingerprint density at radius 2 is 1.87 bits per heavy atom. The molecular formula is C23H27N3O5. The fraction of sp³-hybridized carbons (Fsp3) is 0.261. The molecule has 8 heteroatoms. The summed E-state index contributed by atoms with van der Waals surface area (Å²) < 4.78 is 15.9. The lowest BCUT2D eigenvalue weighted by atomic mass is 10.1. The van der Waals surface area contributed by atoms with Crippen LogP contribution in [0.3, 0.4) is 0 Å². The number of methoxy groups -OCH3 is 2. The van der Waals surface area contributed by atoms with E-state index in [2.05, 4.69) is 22.4 Å². The van der Waals surface area contributed by atoms with Crippen LogP contribution in [0.25, 0.3) is 0 Å². The summed E-state index contributed by atoms with van der Waals surface area (Å²) in [6.45, 7) is 4.39. The molecule has 2 aromatic carbocycles. The zero-order valence-corrected chi connectivity index (χ0v) is 17.7. The summed E-state index contributed by atoms with van der Waals surface area (Å²) in [5, 5.41) is 6.59. The first-order chi connectivity index (χ1) is 15.0. The number of benzene rings is 2. The highest BCUT2D eigenvalue weighted by Crippen LogP contribution is 2.27. The van der Waals surface area contributed by atoms with Crippen molar-refractivity contribution in [3.05, 3.63) is 66.2 Å². The summed E-state index contributed by atoms with van der Waals surface area (Å²) in [4.78, 5) is 23.8. The van der Waals surface area contributed by atoms with Gasteiger partial charge in [-0.15, -0.1) is 0 Å². The van der Waals surface area contributed by atoms with Gasteiger partial charge < -0.3 is 19.5 Å². The molecular weight excluding hydrogens is 398 g/mol. The summed E-state index contributed by atoms with van der Waals surface area (Å²) in [6, 6.07) is 12.8. The molecule has 0 heterocycles. The fourth-order valence-electron chi connectivity index (χ4n) is 2.65. The lowest BCUT2D eigenvalue weighted by Crippen LogP contribution is -2.31. The number of nitrogens with one attached hydrogen (secondary N) is 2. The van der Waals surface area contributed by atoms with E-state index in [4.69, 9.17) is 14.2 Å². The van der Waals surface area contributed by atoms with Crippen molar-refractivity contribution in [2.24, 2.45) is 5.10 Å². The predicted octanol–water partition coefficient (Wildman–Crippen LogP) is 2.47. The number of carbonyl (C=O) groups is 2. The smallest absolute Gasteiger partial charge is 0.249 e. The van der Waals surface area contributed by atoms with Gasteiger partial charge in [-0.1, -0.05) is 30.9 Å².